The Morgan fingerprint density at radius 3 is 2.71 bits per heavy atom. The van der Waals surface area contributed by atoms with Crippen LogP contribution in [-0.2, 0) is 16.4 Å². The molecule has 0 unspecified atom stereocenters. The highest BCUT2D eigenvalue weighted by Crippen LogP contribution is 2.36. The van der Waals surface area contributed by atoms with Crippen LogP contribution >= 0.6 is 0 Å². The summed E-state index contributed by atoms with van der Waals surface area (Å²) >= 11 is 0. The summed E-state index contributed by atoms with van der Waals surface area (Å²) < 4.78 is 26.3. The number of nitrogens with one attached hydrogen (secondary N) is 2. The molecule has 0 amide bonds. The van der Waals surface area contributed by atoms with Gasteiger partial charge >= 0.3 is 5.69 Å². The molecule has 9 heteroatoms. The lowest BCUT2D eigenvalue weighted by atomic mass is 10.1. The molecule has 21 heavy (non-hydrogen) atoms. The molecule has 1 aliphatic rings. The number of nitrogens with zero attached hydrogens (tertiary/aromatic N) is 1. The lowest BCUT2D eigenvalue weighted by Crippen LogP contribution is -2.36. The molecule has 4 N–H and O–H groups in total. The first-order valence-corrected chi connectivity index (χ1v) is 7.57. The fraction of sp³-hybridized carbons (Fsp3) is 0.167. The average molecular weight is 308 g/mol. The molecule has 0 bridgehead atoms. The largest absolute Gasteiger partial charge is 0.397 e. The van der Waals surface area contributed by atoms with Gasteiger partial charge < -0.3 is 10.7 Å². The number of rotatable bonds is 2. The molecule has 0 spiro atoms. The van der Waals surface area contributed by atoms with Crippen LogP contribution in [0.5, 0.6) is 0 Å². The molecule has 0 radical (unpaired) electrons. The van der Waals surface area contributed by atoms with E-state index in [0.29, 0.717) is 17.8 Å². The first kappa shape index (κ1) is 13.4. The Morgan fingerprint density at radius 2 is 2.00 bits per heavy atom. The second-order valence-corrected chi connectivity index (χ2v) is 6.45. The highest BCUT2D eigenvalue weighted by Gasteiger charge is 2.34. The molecule has 1 aromatic heterocycles. The van der Waals surface area contributed by atoms with E-state index in [4.69, 9.17) is 5.73 Å². The maximum absolute atomic E-state index is 12.6. The van der Waals surface area contributed by atoms with Crippen LogP contribution in [0.4, 0.5) is 11.4 Å². The van der Waals surface area contributed by atoms with Crippen molar-refractivity contribution < 1.29 is 8.42 Å². The number of nitrogens with two attached hydrogens (primary N) is 1. The van der Waals surface area contributed by atoms with E-state index in [1.165, 1.54) is 0 Å². The number of H-pyrrole nitrogens is 2. The highest BCUT2D eigenvalue weighted by molar-refractivity contribution is 7.92. The molecular weight excluding hydrogens is 296 g/mol. The number of hydrogen-bond acceptors (Lipinski definition) is 5. The molecule has 1 aromatic carbocycles. The SMILES string of the molecule is Nc1cccc2c1N(S(=O)(=O)c1c[nH]c(=O)[nH]c1=O)CC2. The van der Waals surface area contributed by atoms with E-state index in [2.05, 4.69) is 4.98 Å². The third kappa shape index (κ3) is 2.02. The van der Waals surface area contributed by atoms with Crippen molar-refractivity contribution in [3.63, 3.8) is 0 Å². The monoisotopic (exact) mass is 308 g/mol. The van der Waals surface area contributed by atoms with Crippen LogP contribution in [0.1, 0.15) is 5.56 Å². The first-order chi connectivity index (χ1) is 9.91. The topological polar surface area (TPSA) is 129 Å². The van der Waals surface area contributed by atoms with E-state index in [1.54, 1.807) is 18.2 Å². The number of anilines is 2. The standard InChI is InChI=1S/C12H12N4O4S/c13-8-3-1-2-7-4-5-16(10(7)8)21(19,20)9-6-14-12(18)15-11(9)17/h1-3,6H,4-5,13H2,(H2,14,15,17,18). The van der Waals surface area contributed by atoms with Crippen LogP contribution in [0.15, 0.2) is 38.9 Å². The van der Waals surface area contributed by atoms with Gasteiger partial charge in [-0.1, -0.05) is 12.1 Å². The van der Waals surface area contributed by atoms with Crippen LogP contribution in [-0.4, -0.2) is 24.9 Å². The Labute approximate surface area is 119 Å². The summed E-state index contributed by atoms with van der Waals surface area (Å²) in [4.78, 5) is 26.3. The van der Waals surface area contributed by atoms with Gasteiger partial charge in [0.1, 0.15) is 0 Å². The molecule has 2 aromatic rings. The maximum atomic E-state index is 12.6. The molecule has 0 atom stereocenters. The second kappa shape index (κ2) is 4.48. The molecule has 3 rings (SSSR count). The zero-order chi connectivity index (χ0) is 15.2. The summed E-state index contributed by atoms with van der Waals surface area (Å²) in [5.74, 6) is 0. The van der Waals surface area contributed by atoms with Gasteiger partial charge in [0.05, 0.1) is 11.4 Å². The molecule has 0 fully saturated rings. The minimum atomic E-state index is -4.08. The van der Waals surface area contributed by atoms with E-state index in [0.717, 1.165) is 16.1 Å². The fourth-order valence-electron chi connectivity index (χ4n) is 2.40. The third-order valence-electron chi connectivity index (χ3n) is 3.34. The zero-order valence-electron chi connectivity index (χ0n) is 10.8. The number of aromatic nitrogens is 2. The predicted octanol–water partition coefficient (Wildman–Crippen LogP) is -0.603. The van der Waals surface area contributed by atoms with Crippen molar-refractivity contribution in [1.82, 2.24) is 9.97 Å². The van der Waals surface area contributed by atoms with E-state index in [1.807, 2.05) is 4.98 Å². The summed E-state index contributed by atoms with van der Waals surface area (Å²) in [6.45, 7) is 0.199. The summed E-state index contributed by atoms with van der Waals surface area (Å²) in [5, 5.41) is 0. The maximum Gasteiger partial charge on any atom is 0.325 e. The normalized spacial score (nSPS) is 14.2. The molecule has 8 nitrogen and oxygen atoms in total. The number of para-hydroxylation sites is 1. The Bertz CT molecular complexity index is 929. The average Bonchev–Trinajstić information content (AvgIpc) is 2.84. The van der Waals surface area contributed by atoms with Gasteiger partial charge in [0.25, 0.3) is 15.6 Å². The smallest absolute Gasteiger partial charge is 0.325 e. The Kier molecular flexibility index (Phi) is 2.87. The molecule has 0 saturated carbocycles. The second-order valence-electron chi connectivity index (χ2n) is 4.62. The van der Waals surface area contributed by atoms with Crippen LogP contribution < -0.4 is 21.3 Å². The van der Waals surface area contributed by atoms with E-state index < -0.39 is 26.2 Å². The van der Waals surface area contributed by atoms with Crippen molar-refractivity contribution in [2.24, 2.45) is 0 Å². The Hall–Kier alpha value is -2.55. The van der Waals surface area contributed by atoms with Gasteiger partial charge in [-0.2, -0.15) is 0 Å². The van der Waals surface area contributed by atoms with Gasteiger partial charge in [-0.3, -0.25) is 14.1 Å². The van der Waals surface area contributed by atoms with Crippen molar-refractivity contribution in [2.75, 3.05) is 16.6 Å². The minimum Gasteiger partial charge on any atom is -0.397 e. The van der Waals surface area contributed by atoms with Gasteiger partial charge in [0.15, 0.2) is 4.90 Å². The van der Waals surface area contributed by atoms with Gasteiger partial charge in [-0.05, 0) is 18.1 Å². The molecule has 0 aliphatic carbocycles. The predicted molar refractivity (Wildman–Crippen MR) is 76.8 cm³/mol. The molecule has 0 saturated heterocycles. The van der Waals surface area contributed by atoms with E-state index in [9.17, 15) is 18.0 Å². The Balaban J connectivity index is 2.18. The van der Waals surface area contributed by atoms with Crippen molar-refractivity contribution in [2.45, 2.75) is 11.3 Å². The molecule has 1 aliphatic heterocycles. The van der Waals surface area contributed by atoms with Crippen LogP contribution in [0.3, 0.4) is 0 Å². The number of hydrogen-bond donors (Lipinski definition) is 3. The summed E-state index contributed by atoms with van der Waals surface area (Å²) in [6.07, 6.45) is 1.41. The fourth-order valence-corrected chi connectivity index (χ4v) is 3.92. The van der Waals surface area contributed by atoms with E-state index >= 15 is 0 Å². The molecule has 2 heterocycles. The highest BCUT2D eigenvalue weighted by atomic mass is 32.2. The van der Waals surface area contributed by atoms with Gasteiger partial charge in [0.2, 0.25) is 0 Å². The number of fused-ring (bicyclic) bond motifs is 1. The van der Waals surface area contributed by atoms with E-state index in [-0.39, 0.29) is 6.54 Å². The van der Waals surface area contributed by atoms with Crippen molar-refractivity contribution in [3.8, 4) is 0 Å². The lowest BCUT2D eigenvalue weighted by Gasteiger charge is -2.20. The lowest BCUT2D eigenvalue weighted by molar-refractivity contribution is 0.590. The number of sulfonamides is 1. The molecular formula is C12H12N4O4S. The summed E-state index contributed by atoms with van der Waals surface area (Å²) in [7, 11) is -4.08. The number of benzene rings is 1. The third-order valence-corrected chi connectivity index (χ3v) is 5.14. The van der Waals surface area contributed by atoms with Crippen molar-refractivity contribution in [1.29, 1.82) is 0 Å². The van der Waals surface area contributed by atoms with Gasteiger partial charge in [-0.25, -0.2) is 13.2 Å². The number of aromatic amines is 2. The minimum absolute atomic E-state index is 0.199. The van der Waals surface area contributed by atoms with Crippen molar-refractivity contribution >= 4 is 21.4 Å². The van der Waals surface area contributed by atoms with Crippen LogP contribution in [0.2, 0.25) is 0 Å². The zero-order valence-corrected chi connectivity index (χ0v) is 11.6. The quantitative estimate of drug-likeness (QED) is 0.638. The summed E-state index contributed by atoms with van der Waals surface area (Å²) in [6, 6.07) is 5.14. The number of nitrogen functional groups attached to an aromatic ring is 1. The molecule has 110 valence electrons. The van der Waals surface area contributed by atoms with Gasteiger partial charge in [0, 0.05) is 12.7 Å². The first-order valence-electron chi connectivity index (χ1n) is 6.13. The van der Waals surface area contributed by atoms with Crippen molar-refractivity contribution in [3.05, 3.63) is 50.8 Å². The van der Waals surface area contributed by atoms with Gasteiger partial charge in [-0.15, -0.1) is 0 Å². The summed E-state index contributed by atoms with van der Waals surface area (Å²) in [5.41, 5.74) is 5.65. The Morgan fingerprint density at radius 1 is 1.24 bits per heavy atom. The van der Waals surface area contributed by atoms with Crippen LogP contribution in [0, 0.1) is 0 Å². The van der Waals surface area contributed by atoms with Crippen LogP contribution in [0.25, 0.3) is 0 Å².